The van der Waals surface area contributed by atoms with Gasteiger partial charge in [0, 0.05) is 16.9 Å². The fraction of sp³-hybridized carbons (Fsp3) is 0.176. The van der Waals surface area contributed by atoms with Crippen LogP contribution in [0.5, 0.6) is 0 Å². The Kier molecular flexibility index (Phi) is 3.52. The number of nitrogens with two attached hydrogens (primary N) is 1. The van der Waals surface area contributed by atoms with Crippen LogP contribution >= 0.6 is 0 Å². The molecule has 0 spiro atoms. The Morgan fingerprint density at radius 3 is 2.65 bits per heavy atom. The van der Waals surface area contributed by atoms with E-state index in [4.69, 9.17) is 10.2 Å². The summed E-state index contributed by atoms with van der Waals surface area (Å²) in [5.41, 5.74) is 8.66. The second-order valence-electron chi connectivity index (χ2n) is 4.96. The predicted octanol–water partition coefficient (Wildman–Crippen LogP) is 3.86. The van der Waals surface area contributed by atoms with Gasteiger partial charge in [0.05, 0.1) is 6.26 Å². The average molecular weight is 269 g/mol. The standard InChI is InChI=1S/C17H16FNO/c18-15-9-13-6-7-20-17(13)16(10-15)14(11-19)8-12-4-2-1-3-5-12/h1-7,9-10,14H,8,11,19H2. The first kappa shape index (κ1) is 12.9. The van der Waals surface area contributed by atoms with E-state index >= 15 is 0 Å². The van der Waals surface area contributed by atoms with Crippen molar-refractivity contribution in [2.75, 3.05) is 6.54 Å². The highest BCUT2D eigenvalue weighted by Crippen LogP contribution is 2.29. The Morgan fingerprint density at radius 2 is 1.90 bits per heavy atom. The second-order valence-corrected chi connectivity index (χ2v) is 4.96. The van der Waals surface area contributed by atoms with Gasteiger partial charge in [-0.05, 0) is 36.7 Å². The van der Waals surface area contributed by atoms with Gasteiger partial charge in [-0.2, -0.15) is 0 Å². The number of rotatable bonds is 4. The molecule has 0 saturated carbocycles. The lowest BCUT2D eigenvalue weighted by Gasteiger charge is -2.16. The molecule has 0 saturated heterocycles. The zero-order chi connectivity index (χ0) is 13.9. The average Bonchev–Trinajstić information content (AvgIpc) is 2.93. The molecule has 3 heteroatoms. The molecule has 0 radical (unpaired) electrons. The first-order valence-corrected chi connectivity index (χ1v) is 6.68. The fourth-order valence-electron chi connectivity index (χ4n) is 2.59. The lowest BCUT2D eigenvalue weighted by atomic mass is 9.91. The van der Waals surface area contributed by atoms with Crippen molar-refractivity contribution in [1.29, 1.82) is 0 Å². The molecule has 0 aliphatic heterocycles. The van der Waals surface area contributed by atoms with Crippen molar-refractivity contribution < 1.29 is 8.81 Å². The Labute approximate surface area is 117 Å². The number of hydrogen-bond donors (Lipinski definition) is 1. The third kappa shape index (κ3) is 2.45. The summed E-state index contributed by atoms with van der Waals surface area (Å²) < 4.78 is 19.2. The number of fused-ring (bicyclic) bond motifs is 1. The van der Waals surface area contributed by atoms with Crippen molar-refractivity contribution in [3.05, 3.63) is 71.7 Å². The Bertz CT molecular complexity index is 705. The molecular formula is C17H16FNO. The third-order valence-corrected chi connectivity index (χ3v) is 3.59. The van der Waals surface area contributed by atoms with Crippen LogP contribution in [0.3, 0.4) is 0 Å². The molecule has 1 aromatic heterocycles. The van der Waals surface area contributed by atoms with Gasteiger partial charge in [0.1, 0.15) is 11.4 Å². The number of benzene rings is 2. The van der Waals surface area contributed by atoms with Crippen molar-refractivity contribution in [3.8, 4) is 0 Å². The molecule has 1 atom stereocenters. The molecule has 0 aliphatic rings. The zero-order valence-corrected chi connectivity index (χ0v) is 11.1. The minimum absolute atomic E-state index is 0.0433. The quantitative estimate of drug-likeness (QED) is 0.781. The number of halogens is 1. The van der Waals surface area contributed by atoms with Crippen LogP contribution in [-0.4, -0.2) is 6.54 Å². The van der Waals surface area contributed by atoms with Gasteiger partial charge in [0.15, 0.2) is 0 Å². The van der Waals surface area contributed by atoms with Crippen molar-refractivity contribution in [2.24, 2.45) is 5.73 Å². The molecule has 0 fully saturated rings. The summed E-state index contributed by atoms with van der Waals surface area (Å²) in [4.78, 5) is 0. The highest BCUT2D eigenvalue weighted by molar-refractivity contribution is 5.81. The Morgan fingerprint density at radius 1 is 1.10 bits per heavy atom. The van der Waals surface area contributed by atoms with Gasteiger partial charge >= 0.3 is 0 Å². The van der Waals surface area contributed by atoms with Crippen LogP contribution in [0.4, 0.5) is 4.39 Å². The van der Waals surface area contributed by atoms with Crippen molar-refractivity contribution in [1.82, 2.24) is 0 Å². The predicted molar refractivity (Wildman–Crippen MR) is 78.1 cm³/mol. The van der Waals surface area contributed by atoms with Crippen molar-refractivity contribution in [3.63, 3.8) is 0 Å². The van der Waals surface area contributed by atoms with Crippen LogP contribution in [-0.2, 0) is 6.42 Å². The van der Waals surface area contributed by atoms with Gasteiger partial charge in [-0.3, -0.25) is 0 Å². The van der Waals surface area contributed by atoms with E-state index in [1.165, 1.54) is 17.7 Å². The summed E-state index contributed by atoms with van der Waals surface area (Å²) in [5, 5.41) is 0.784. The normalized spacial score (nSPS) is 12.7. The van der Waals surface area contributed by atoms with Crippen molar-refractivity contribution >= 4 is 11.0 Å². The first-order valence-electron chi connectivity index (χ1n) is 6.68. The maximum absolute atomic E-state index is 13.7. The van der Waals surface area contributed by atoms with Crippen LogP contribution in [0.1, 0.15) is 17.0 Å². The van der Waals surface area contributed by atoms with Crippen LogP contribution in [0, 0.1) is 5.82 Å². The molecule has 0 bridgehead atoms. The molecule has 1 heterocycles. The molecular weight excluding hydrogens is 253 g/mol. The topological polar surface area (TPSA) is 39.2 Å². The molecule has 2 aromatic carbocycles. The Balaban J connectivity index is 2.01. The SMILES string of the molecule is NCC(Cc1ccccc1)c1cc(F)cc2ccoc12. The zero-order valence-electron chi connectivity index (χ0n) is 11.1. The van der Waals surface area contributed by atoms with Crippen LogP contribution in [0.2, 0.25) is 0 Å². The highest BCUT2D eigenvalue weighted by Gasteiger charge is 2.17. The molecule has 0 amide bonds. The van der Waals surface area contributed by atoms with Gasteiger partial charge in [-0.1, -0.05) is 30.3 Å². The molecule has 20 heavy (non-hydrogen) atoms. The minimum atomic E-state index is -0.250. The second kappa shape index (κ2) is 5.47. The third-order valence-electron chi connectivity index (χ3n) is 3.59. The van der Waals surface area contributed by atoms with E-state index in [0.29, 0.717) is 6.54 Å². The van der Waals surface area contributed by atoms with Gasteiger partial charge < -0.3 is 10.2 Å². The largest absolute Gasteiger partial charge is 0.464 e. The molecule has 2 N–H and O–H groups in total. The lowest BCUT2D eigenvalue weighted by Crippen LogP contribution is -2.15. The molecule has 3 aromatic rings. The summed E-state index contributed by atoms with van der Waals surface area (Å²) in [5.74, 6) is -0.206. The number of furan rings is 1. The van der Waals surface area contributed by atoms with Crippen LogP contribution < -0.4 is 5.73 Å². The maximum atomic E-state index is 13.7. The van der Waals surface area contributed by atoms with Gasteiger partial charge in [-0.15, -0.1) is 0 Å². The monoisotopic (exact) mass is 269 g/mol. The molecule has 1 unspecified atom stereocenters. The van der Waals surface area contributed by atoms with Gasteiger partial charge in [0.2, 0.25) is 0 Å². The summed E-state index contributed by atoms with van der Waals surface area (Å²) in [6.45, 7) is 0.453. The summed E-state index contributed by atoms with van der Waals surface area (Å²) >= 11 is 0. The van der Waals surface area contributed by atoms with Crippen LogP contribution in [0.25, 0.3) is 11.0 Å². The minimum Gasteiger partial charge on any atom is -0.464 e. The fourth-order valence-corrected chi connectivity index (χ4v) is 2.59. The van der Waals surface area contributed by atoms with Crippen molar-refractivity contribution in [2.45, 2.75) is 12.3 Å². The van der Waals surface area contributed by atoms with Crippen LogP contribution in [0.15, 0.2) is 59.2 Å². The molecule has 2 nitrogen and oxygen atoms in total. The lowest BCUT2D eigenvalue weighted by molar-refractivity contribution is 0.587. The van der Waals surface area contributed by atoms with E-state index in [1.54, 1.807) is 12.3 Å². The van der Waals surface area contributed by atoms with E-state index in [1.807, 2.05) is 18.2 Å². The smallest absolute Gasteiger partial charge is 0.137 e. The summed E-state index contributed by atoms with van der Waals surface area (Å²) in [7, 11) is 0. The molecule has 102 valence electrons. The molecule has 0 aliphatic carbocycles. The summed E-state index contributed by atoms with van der Waals surface area (Å²) in [6.07, 6.45) is 2.36. The van der Waals surface area contributed by atoms with E-state index in [0.717, 1.165) is 23.0 Å². The maximum Gasteiger partial charge on any atom is 0.137 e. The van der Waals surface area contributed by atoms with Gasteiger partial charge in [0.25, 0.3) is 0 Å². The highest BCUT2D eigenvalue weighted by atomic mass is 19.1. The van der Waals surface area contributed by atoms with E-state index in [-0.39, 0.29) is 11.7 Å². The molecule has 3 rings (SSSR count). The Hall–Kier alpha value is -2.13. The summed E-state index contributed by atoms with van der Waals surface area (Å²) in [6, 6.07) is 14.9. The van der Waals surface area contributed by atoms with E-state index in [2.05, 4.69) is 12.1 Å². The number of hydrogen-bond acceptors (Lipinski definition) is 2. The van der Waals surface area contributed by atoms with E-state index in [9.17, 15) is 4.39 Å². The first-order chi connectivity index (χ1) is 9.78. The van der Waals surface area contributed by atoms with E-state index < -0.39 is 0 Å². The van der Waals surface area contributed by atoms with Gasteiger partial charge in [-0.25, -0.2) is 4.39 Å².